The van der Waals surface area contributed by atoms with Crippen molar-refractivity contribution >= 4 is 28.6 Å². The molecule has 2 nitrogen and oxygen atoms in total. The molecule has 0 saturated carbocycles. The second-order valence-electron chi connectivity index (χ2n) is 5.42. The summed E-state index contributed by atoms with van der Waals surface area (Å²) in [5.74, 6) is -0.674. The minimum Gasteiger partial charge on any atom is -0.481 e. The fourth-order valence-electron chi connectivity index (χ4n) is 2.11. The Balaban J connectivity index is 3.19. The van der Waals surface area contributed by atoms with E-state index in [1.165, 1.54) is 43.0 Å². The summed E-state index contributed by atoms with van der Waals surface area (Å²) in [5, 5.41) is 8.51. The topological polar surface area (TPSA) is 37.3 Å². The molecule has 0 aliphatic rings. The molecule has 21 heavy (non-hydrogen) atoms. The molecule has 0 aliphatic carbocycles. The van der Waals surface area contributed by atoms with Gasteiger partial charge in [0.05, 0.1) is 0 Å². The number of carboxylic acid groups (broad SMARTS) is 1. The second kappa shape index (κ2) is 17.7. The molecule has 0 unspecified atom stereocenters. The molecule has 0 aromatic heterocycles. The molecule has 0 bridgehead atoms. The smallest absolute Gasteiger partial charge is 0.303 e. The van der Waals surface area contributed by atoms with Gasteiger partial charge in [-0.15, -0.1) is 0 Å². The van der Waals surface area contributed by atoms with Crippen molar-refractivity contribution in [3.63, 3.8) is 0 Å². The number of aliphatic carboxylic acids is 1. The van der Waals surface area contributed by atoms with Crippen molar-refractivity contribution in [1.29, 1.82) is 0 Å². The van der Waals surface area contributed by atoms with Gasteiger partial charge >= 0.3 is 5.97 Å². The summed E-state index contributed by atoms with van der Waals surface area (Å²) >= 11 is 2.44. The van der Waals surface area contributed by atoms with Crippen LogP contribution < -0.4 is 0 Å². The Hall–Kier alpha value is -0.320. The van der Waals surface area contributed by atoms with E-state index in [-0.39, 0.29) is 0 Å². The summed E-state index contributed by atoms with van der Waals surface area (Å²) in [7, 11) is 0. The van der Waals surface area contributed by atoms with Gasteiger partial charge in [0, 0.05) is 6.42 Å². The van der Waals surface area contributed by atoms with Crippen LogP contribution in [0.25, 0.3) is 0 Å². The number of halogens is 1. The lowest BCUT2D eigenvalue weighted by molar-refractivity contribution is -0.137. The van der Waals surface area contributed by atoms with Gasteiger partial charge < -0.3 is 5.11 Å². The summed E-state index contributed by atoms with van der Waals surface area (Å²) in [6, 6.07) is 0. The van der Waals surface area contributed by atoms with Gasteiger partial charge in [0.1, 0.15) is 0 Å². The van der Waals surface area contributed by atoms with Crippen LogP contribution in [0.15, 0.2) is 24.3 Å². The molecule has 0 saturated heterocycles. The first kappa shape index (κ1) is 20.7. The predicted molar refractivity (Wildman–Crippen MR) is 100 cm³/mol. The summed E-state index contributed by atoms with van der Waals surface area (Å²) < 4.78 is 1.29. The van der Waals surface area contributed by atoms with Crippen LogP contribution >= 0.6 is 22.6 Å². The molecule has 0 aromatic rings. The Morgan fingerprint density at radius 1 is 0.762 bits per heavy atom. The lowest BCUT2D eigenvalue weighted by Gasteiger charge is -1.96. The fraction of sp³-hybridized carbons (Fsp3) is 0.722. The van der Waals surface area contributed by atoms with Gasteiger partial charge in [-0.2, -0.15) is 0 Å². The monoisotopic (exact) mass is 406 g/mol. The highest BCUT2D eigenvalue weighted by atomic mass is 127. The Bertz CT molecular complexity index is 285. The standard InChI is InChI=1S/C18H31IO2/c19-17-15-13-11-9-7-5-3-1-2-4-6-8-10-12-14-16-18(20)21/h2-5H,1,6-17H2,(H,20,21)/b4-2-,5-3-. The molecule has 0 fully saturated rings. The number of carboxylic acids is 1. The van der Waals surface area contributed by atoms with Gasteiger partial charge in [-0.1, -0.05) is 72.6 Å². The number of unbranched alkanes of at least 4 members (excludes halogenated alkanes) is 8. The molecule has 0 atom stereocenters. The lowest BCUT2D eigenvalue weighted by Crippen LogP contribution is -1.93. The maximum atomic E-state index is 10.3. The molecule has 0 rings (SSSR count). The van der Waals surface area contributed by atoms with Crippen LogP contribution in [0.5, 0.6) is 0 Å². The van der Waals surface area contributed by atoms with Gasteiger partial charge in [0.2, 0.25) is 0 Å². The van der Waals surface area contributed by atoms with Crippen LogP contribution in [0.4, 0.5) is 0 Å². The number of hydrogen-bond donors (Lipinski definition) is 1. The van der Waals surface area contributed by atoms with Crippen LogP contribution in [0.1, 0.15) is 77.0 Å². The number of carbonyl (C=O) groups is 1. The Morgan fingerprint density at radius 3 is 1.81 bits per heavy atom. The van der Waals surface area contributed by atoms with E-state index in [4.69, 9.17) is 5.11 Å². The molecule has 3 heteroatoms. The van der Waals surface area contributed by atoms with Gasteiger partial charge in [-0.3, -0.25) is 4.79 Å². The molecule has 0 amide bonds. The van der Waals surface area contributed by atoms with Crippen molar-refractivity contribution in [2.24, 2.45) is 0 Å². The van der Waals surface area contributed by atoms with Crippen molar-refractivity contribution < 1.29 is 9.90 Å². The van der Waals surface area contributed by atoms with E-state index in [2.05, 4.69) is 46.9 Å². The van der Waals surface area contributed by atoms with Gasteiger partial charge in [0.25, 0.3) is 0 Å². The average molecular weight is 406 g/mol. The number of rotatable bonds is 15. The Kier molecular flexibility index (Phi) is 17.5. The normalized spacial score (nSPS) is 11.7. The highest BCUT2D eigenvalue weighted by molar-refractivity contribution is 14.1. The first-order valence-electron chi connectivity index (χ1n) is 8.35. The van der Waals surface area contributed by atoms with E-state index >= 15 is 0 Å². The third-order valence-electron chi connectivity index (χ3n) is 3.37. The van der Waals surface area contributed by atoms with E-state index < -0.39 is 5.97 Å². The average Bonchev–Trinajstić information content (AvgIpc) is 2.46. The minimum atomic E-state index is -0.674. The molecule has 0 heterocycles. The Labute approximate surface area is 144 Å². The number of allylic oxidation sites excluding steroid dienone is 4. The van der Waals surface area contributed by atoms with Crippen LogP contribution in [0.2, 0.25) is 0 Å². The second-order valence-corrected chi connectivity index (χ2v) is 6.50. The SMILES string of the molecule is O=C(O)CCCCCC/C=C\C/C=C\CCCCCCI. The number of alkyl halides is 1. The van der Waals surface area contributed by atoms with Gasteiger partial charge in [0.15, 0.2) is 0 Å². The quantitative estimate of drug-likeness (QED) is 0.150. The molecule has 0 spiro atoms. The molecule has 122 valence electrons. The highest BCUT2D eigenvalue weighted by Crippen LogP contribution is 2.07. The summed E-state index contributed by atoms with van der Waals surface area (Å²) in [5.41, 5.74) is 0. The fourth-order valence-corrected chi connectivity index (χ4v) is 2.65. The molecular formula is C18H31IO2. The maximum Gasteiger partial charge on any atom is 0.303 e. The Morgan fingerprint density at radius 2 is 1.29 bits per heavy atom. The zero-order valence-electron chi connectivity index (χ0n) is 13.2. The van der Waals surface area contributed by atoms with Crippen LogP contribution in [0.3, 0.4) is 0 Å². The van der Waals surface area contributed by atoms with Crippen molar-refractivity contribution in [3.8, 4) is 0 Å². The van der Waals surface area contributed by atoms with E-state index in [1.54, 1.807) is 0 Å². The third-order valence-corrected chi connectivity index (χ3v) is 4.13. The van der Waals surface area contributed by atoms with E-state index in [0.717, 1.165) is 32.1 Å². The summed E-state index contributed by atoms with van der Waals surface area (Å²) in [6.07, 6.45) is 22.4. The van der Waals surface area contributed by atoms with Crippen LogP contribution in [-0.2, 0) is 4.79 Å². The third kappa shape index (κ3) is 19.7. The predicted octanol–water partition coefficient (Wildman–Crippen LogP) is 6.30. The van der Waals surface area contributed by atoms with Crippen molar-refractivity contribution in [1.82, 2.24) is 0 Å². The largest absolute Gasteiger partial charge is 0.481 e. The van der Waals surface area contributed by atoms with Gasteiger partial charge in [-0.25, -0.2) is 0 Å². The first-order valence-corrected chi connectivity index (χ1v) is 9.87. The summed E-state index contributed by atoms with van der Waals surface area (Å²) in [6.45, 7) is 0. The van der Waals surface area contributed by atoms with E-state index in [1.807, 2.05) is 0 Å². The molecule has 0 aromatic carbocycles. The highest BCUT2D eigenvalue weighted by Gasteiger charge is 1.95. The van der Waals surface area contributed by atoms with Crippen molar-refractivity contribution in [2.45, 2.75) is 77.0 Å². The molecular weight excluding hydrogens is 375 g/mol. The molecule has 0 aliphatic heterocycles. The zero-order valence-corrected chi connectivity index (χ0v) is 15.4. The first-order chi connectivity index (χ1) is 10.3. The maximum absolute atomic E-state index is 10.3. The molecule has 0 radical (unpaired) electrons. The van der Waals surface area contributed by atoms with Crippen LogP contribution in [0, 0.1) is 0 Å². The van der Waals surface area contributed by atoms with Crippen molar-refractivity contribution in [3.05, 3.63) is 24.3 Å². The van der Waals surface area contributed by atoms with E-state index in [0.29, 0.717) is 6.42 Å². The van der Waals surface area contributed by atoms with Crippen LogP contribution in [-0.4, -0.2) is 15.5 Å². The van der Waals surface area contributed by atoms with E-state index in [9.17, 15) is 4.79 Å². The molecule has 1 N–H and O–H groups in total. The zero-order chi connectivity index (χ0) is 15.6. The summed E-state index contributed by atoms with van der Waals surface area (Å²) in [4.78, 5) is 10.3. The van der Waals surface area contributed by atoms with Gasteiger partial charge in [-0.05, 0) is 49.4 Å². The number of hydrogen-bond acceptors (Lipinski definition) is 1. The lowest BCUT2D eigenvalue weighted by atomic mass is 10.1. The van der Waals surface area contributed by atoms with Crippen molar-refractivity contribution in [2.75, 3.05) is 4.43 Å². The minimum absolute atomic E-state index is 0.318.